The first-order valence-corrected chi connectivity index (χ1v) is 7.76. The number of aliphatic carboxylic acids is 1. The van der Waals surface area contributed by atoms with E-state index in [9.17, 15) is 19.5 Å². The van der Waals surface area contributed by atoms with Crippen LogP contribution in [0.2, 0.25) is 0 Å². The van der Waals surface area contributed by atoms with Crippen LogP contribution in [0, 0.1) is 0 Å². The first kappa shape index (κ1) is 18.0. The lowest BCUT2D eigenvalue weighted by Gasteiger charge is -2.23. The van der Waals surface area contributed by atoms with Gasteiger partial charge in [-0.1, -0.05) is 49.0 Å². The molecule has 0 fully saturated rings. The molecule has 0 bridgehead atoms. The van der Waals surface area contributed by atoms with Gasteiger partial charge in [0.25, 0.3) is 0 Å². The molecule has 1 aromatic carbocycles. The van der Waals surface area contributed by atoms with Crippen LogP contribution in [-0.4, -0.2) is 46.0 Å². The fourth-order valence-corrected chi connectivity index (χ4v) is 2.31. The van der Waals surface area contributed by atoms with Crippen molar-refractivity contribution in [3.63, 3.8) is 0 Å². The molecule has 0 saturated carbocycles. The molecule has 7 heteroatoms. The van der Waals surface area contributed by atoms with Gasteiger partial charge in [0.2, 0.25) is 0 Å². The predicted octanol–water partition coefficient (Wildman–Crippen LogP) is 2.38. The summed E-state index contributed by atoms with van der Waals surface area (Å²) in [5.74, 6) is -0.669. The van der Waals surface area contributed by atoms with Crippen molar-refractivity contribution in [1.29, 1.82) is 0 Å². The molecule has 0 aliphatic heterocycles. The molecule has 1 rings (SSSR count). The maximum Gasteiger partial charge on any atom is 0.410 e. The summed E-state index contributed by atoms with van der Waals surface area (Å²) in [5.41, 5.74) is 0.800. The number of carboxylic acids is 1. The average molecular weight is 325 g/mol. The van der Waals surface area contributed by atoms with E-state index in [-0.39, 0.29) is 18.1 Å². The Morgan fingerprint density at radius 1 is 1.27 bits per heavy atom. The molecule has 1 N–H and O–H groups in total. The molecule has 0 aromatic heterocycles. The number of carbonyl (C=O) groups is 3. The Morgan fingerprint density at radius 3 is 2.45 bits per heavy atom. The first-order valence-electron chi connectivity index (χ1n) is 6.77. The van der Waals surface area contributed by atoms with E-state index in [0.29, 0.717) is 5.75 Å². The minimum atomic E-state index is -1.23. The summed E-state index contributed by atoms with van der Waals surface area (Å²) in [4.78, 5) is 35.7. The minimum absolute atomic E-state index is 0.0496. The van der Waals surface area contributed by atoms with Gasteiger partial charge < -0.3 is 9.84 Å². The highest BCUT2D eigenvalue weighted by atomic mass is 32.2. The van der Waals surface area contributed by atoms with E-state index < -0.39 is 18.1 Å². The van der Waals surface area contributed by atoms with Crippen LogP contribution >= 0.6 is 11.8 Å². The molecule has 1 aromatic rings. The van der Waals surface area contributed by atoms with Crippen LogP contribution in [0.5, 0.6) is 0 Å². The number of carbonyl (C=O) groups excluding carboxylic acids is 2. The highest BCUT2D eigenvalue weighted by Gasteiger charge is 2.29. The summed E-state index contributed by atoms with van der Waals surface area (Å²) in [7, 11) is 1.32. The van der Waals surface area contributed by atoms with E-state index in [2.05, 4.69) is 0 Å². The number of thioether (sulfide) groups is 1. The number of hydrogen-bond acceptors (Lipinski definition) is 5. The van der Waals surface area contributed by atoms with Crippen LogP contribution in [0.15, 0.2) is 30.3 Å². The Labute approximate surface area is 133 Å². The second-order valence-electron chi connectivity index (χ2n) is 4.51. The van der Waals surface area contributed by atoms with Gasteiger partial charge in [-0.2, -0.15) is 0 Å². The Morgan fingerprint density at radius 2 is 1.91 bits per heavy atom. The maximum atomic E-state index is 11.9. The first-order chi connectivity index (χ1) is 10.5. The lowest BCUT2D eigenvalue weighted by atomic mass is 10.2. The molecule has 6 nitrogen and oxygen atoms in total. The molecule has 0 aliphatic rings. The van der Waals surface area contributed by atoms with Crippen LogP contribution in [0.25, 0.3) is 0 Å². The highest BCUT2D eigenvalue weighted by molar-refractivity contribution is 8.13. The number of ether oxygens (including phenoxy) is 1. The van der Waals surface area contributed by atoms with Gasteiger partial charge in [0.15, 0.2) is 5.12 Å². The quantitative estimate of drug-likeness (QED) is 0.828. The minimum Gasteiger partial charge on any atom is -0.480 e. The zero-order valence-electron chi connectivity index (χ0n) is 12.5. The number of likely N-dealkylation sites (N-methyl/N-ethyl adjacent to an activating group) is 1. The number of benzene rings is 1. The van der Waals surface area contributed by atoms with Crippen LogP contribution in [-0.2, 0) is 20.9 Å². The SMILES string of the molecule is CCSC(=O)C[C@@H](C(=O)O)N(C)C(=O)OCc1ccccc1. The van der Waals surface area contributed by atoms with Crippen molar-refractivity contribution < 1.29 is 24.2 Å². The normalized spacial score (nSPS) is 11.5. The third kappa shape index (κ3) is 5.77. The average Bonchev–Trinajstić information content (AvgIpc) is 2.50. The third-order valence-corrected chi connectivity index (χ3v) is 3.69. The Bertz CT molecular complexity index is 520. The van der Waals surface area contributed by atoms with Crippen LogP contribution in [0.3, 0.4) is 0 Å². The van der Waals surface area contributed by atoms with Crippen molar-refractivity contribution in [2.24, 2.45) is 0 Å². The van der Waals surface area contributed by atoms with E-state index in [1.54, 1.807) is 19.1 Å². The van der Waals surface area contributed by atoms with Gasteiger partial charge in [-0.3, -0.25) is 9.69 Å². The van der Waals surface area contributed by atoms with Crippen molar-refractivity contribution >= 4 is 28.9 Å². The third-order valence-electron chi connectivity index (χ3n) is 2.91. The number of amides is 1. The number of nitrogens with zero attached hydrogens (tertiary/aromatic N) is 1. The van der Waals surface area contributed by atoms with Crippen LogP contribution in [0.1, 0.15) is 18.9 Å². The molecule has 1 amide bonds. The summed E-state index contributed by atoms with van der Waals surface area (Å²) in [6.07, 6.45) is -1.02. The van der Waals surface area contributed by atoms with Crippen LogP contribution in [0.4, 0.5) is 4.79 Å². The van der Waals surface area contributed by atoms with Gasteiger partial charge in [0, 0.05) is 13.5 Å². The number of carboxylic acid groups (broad SMARTS) is 1. The standard InChI is InChI=1S/C15H19NO5S/c1-3-22-13(17)9-12(14(18)19)16(2)15(20)21-10-11-7-5-4-6-8-11/h4-8,12H,3,9-10H2,1-2H3,(H,18,19)/t12-/m0/s1. The molecule has 22 heavy (non-hydrogen) atoms. The highest BCUT2D eigenvalue weighted by Crippen LogP contribution is 2.13. The molecule has 0 saturated heterocycles. The van der Waals surface area contributed by atoms with Crippen molar-refractivity contribution in [1.82, 2.24) is 4.90 Å². The fraction of sp³-hybridized carbons (Fsp3) is 0.400. The molecule has 0 spiro atoms. The number of rotatable bonds is 7. The van der Waals surface area contributed by atoms with E-state index >= 15 is 0 Å². The Balaban J connectivity index is 2.60. The number of hydrogen-bond donors (Lipinski definition) is 1. The van der Waals surface area contributed by atoms with Crippen LogP contribution < -0.4 is 0 Å². The molecule has 0 aliphatic carbocycles. The maximum absolute atomic E-state index is 11.9. The van der Waals surface area contributed by atoms with E-state index in [1.165, 1.54) is 7.05 Å². The largest absolute Gasteiger partial charge is 0.480 e. The lowest BCUT2D eigenvalue weighted by molar-refractivity contribution is -0.143. The molecule has 120 valence electrons. The van der Waals surface area contributed by atoms with Gasteiger partial charge in [0.1, 0.15) is 12.6 Å². The molecule has 0 radical (unpaired) electrons. The molecular formula is C15H19NO5S. The second-order valence-corrected chi connectivity index (χ2v) is 5.84. The monoisotopic (exact) mass is 325 g/mol. The molecule has 0 unspecified atom stereocenters. The van der Waals surface area contributed by atoms with Crippen molar-refractivity contribution in [3.8, 4) is 0 Å². The molecule has 1 atom stereocenters. The summed E-state index contributed by atoms with van der Waals surface area (Å²) in [5, 5.41) is 8.92. The molecule has 0 heterocycles. The van der Waals surface area contributed by atoms with E-state index in [0.717, 1.165) is 22.2 Å². The summed E-state index contributed by atoms with van der Waals surface area (Å²) >= 11 is 1.04. The predicted molar refractivity (Wildman–Crippen MR) is 83.6 cm³/mol. The van der Waals surface area contributed by atoms with Crippen molar-refractivity contribution in [3.05, 3.63) is 35.9 Å². The van der Waals surface area contributed by atoms with Gasteiger partial charge >= 0.3 is 12.1 Å². The zero-order valence-corrected chi connectivity index (χ0v) is 13.3. The van der Waals surface area contributed by atoms with Crippen molar-refractivity contribution in [2.75, 3.05) is 12.8 Å². The van der Waals surface area contributed by atoms with Crippen molar-refractivity contribution in [2.45, 2.75) is 26.0 Å². The topological polar surface area (TPSA) is 83.9 Å². The lowest BCUT2D eigenvalue weighted by Crippen LogP contribution is -2.43. The Kier molecular flexibility index (Phi) is 7.45. The fourth-order valence-electron chi connectivity index (χ4n) is 1.72. The van der Waals surface area contributed by atoms with Gasteiger partial charge in [-0.25, -0.2) is 9.59 Å². The van der Waals surface area contributed by atoms with Gasteiger partial charge in [0.05, 0.1) is 0 Å². The zero-order chi connectivity index (χ0) is 16.5. The second kappa shape index (κ2) is 9.09. The summed E-state index contributed by atoms with van der Waals surface area (Å²) < 4.78 is 5.07. The van der Waals surface area contributed by atoms with Gasteiger partial charge in [-0.15, -0.1) is 0 Å². The van der Waals surface area contributed by atoms with E-state index in [4.69, 9.17) is 4.74 Å². The molecular weight excluding hydrogens is 306 g/mol. The van der Waals surface area contributed by atoms with Gasteiger partial charge in [-0.05, 0) is 11.3 Å². The Hall–Kier alpha value is -2.02. The summed E-state index contributed by atoms with van der Waals surface area (Å²) in [6.45, 7) is 1.85. The summed E-state index contributed by atoms with van der Waals surface area (Å²) in [6, 6.07) is 7.83. The smallest absolute Gasteiger partial charge is 0.410 e. The van der Waals surface area contributed by atoms with E-state index in [1.807, 2.05) is 18.2 Å².